The average Bonchev–Trinajstić information content (AvgIpc) is 2.92. The normalized spacial score (nSPS) is 14.7. The molecule has 1 aliphatic rings. The molecule has 0 fully saturated rings. The van der Waals surface area contributed by atoms with E-state index in [0.717, 1.165) is 12.1 Å². The third-order valence-electron chi connectivity index (χ3n) is 6.29. The summed E-state index contributed by atoms with van der Waals surface area (Å²) in [5, 5.41) is 1.20. The first-order valence-electron chi connectivity index (χ1n) is 10.8. The number of para-hydroxylation sites is 1. The zero-order valence-electron chi connectivity index (χ0n) is 18.0. The van der Waals surface area contributed by atoms with E-state index in [1.807, 2.05) is 6.07 Å². The number of hydrogen-bond acceptors (Lipinski definition) is 1. The van der Waals surface area contributed by atoms with Crippen LogP contribution < -0.4 is 9.13 Å². The highest BCUT2D eigenvalue weighted by Crippen LogP contribution is 2.49. The Hall–Kier alpha value is -2.07. The maximum atomic E-state index is 11.3. The van der Waals surface area contributed by atoms with Crippen molar-refractivity contribution in [1.29, 1.82) is 0 Å². The predicted molar refractivity (Wildman–Crippen MR) is 118 cm³/mol. The molecule has 1 aliphatic carbocycles. The molecule has 3 aromatic rings. The number of unbranched alkanes of at least 4 members (excludes halogenated alkanes) is 1. The van der Waals surface area contributed by atoms with Gasteiger partial charge in [0.1, 0.15) is 13.1 Å². The summed E-state index contributed by atoms with van der Waals surface area (Å²) in [4.78, 5) is 18.5. The van der Waals surface area contributed by atoms with Crippen LogP contribution in [0, 0.1) is 0 Å². The van der Waals surface area contributed by atoms with Crippen molar-refractivity contribution >= 4 is 18.5 Å². The molecular formula is C24H31N2O3P+2. The lowest BCUT2D eigenvalue weighted by Crippen LogP contribution is -2.37. The summed E-state index contributed by atoms with van der Waals surface area (Å²) in [5.74, 6) is 0. The third kappa shape index (κ3) is 3.82. The standard InChI is InChI=1S/C24H29N2O3P/c1-4-5-12-25-14-11-18-20(16-25)24(2,3)21-17-26(13-8-15-30(27,28)29)22-10-7-6-9-19(22)23(18)21/h6-7,9-11,14,16-17H,4-5,8,12-13,15H2,1-3H3/p+2. The van der Waals surface area contributed by atoms with Gasteiger partial charge in [0.25, 0.3) is 0 Å². The van der Waals surface area contributed by atoms with E-state index in [1.165, 1.54) is 40.5 Å². The number of nitrogens with zero attached hydrogens (tertiary/aromatic N) is 2. The van der Waals surface area contributed by atoms with E-state index in [4.69, 9.17) is 0 Å². The van der Waals surface area contributed by atoms with Gasteiger partial charge < -0.3 is 9.79 Å². The fourth-order valence-corrected chi connectivity index (χ4v) is 5.20. The van der Waals surface area contributed by atoms with E-state index in [9.17, 15) is 14.4 Å². The second kappa shape index (κ2) is 7.88. The fourth-order valence-electron chi connectivity index (χ4n) is 4.65. The van der Waals surface area contributed by atoms with Crippen molar-refractivity contribution in [3.63, 3.8) is 0 Å². The SMILES string of the molecule is CCCC[n+]1ccc2c(c1)C(C)(C)c1c[n+](CCCP(=O)(O)O)c3ccccc3c1-2. The molecule has 0 bridgehead atoms. The molecule has 5 nitrogen and oxygen atoms in total. The van der Waals surface area contributed by atoms with Crippen LogP contribution in [0.3, 0.4) is 0 Å². The summed E-state index contributed by atoms with van der Waals surface area (Å²) >= 11 is 0. The Kier molecular flexibility index (Phi) is 5.56. The van der Waals surface area contributed by atoms with Crippen LogP contribution >= 0.6 is 7.60 Å². The Labute approximate surface area is 178 Å². The topological polar surface area (TPSA) is 65.3 Å². The molecule has 158 valence electrons. The van der Waals surface area contributed by atoms with E-state index < -0.39 is 7.60 Å². The molecule has 0 spiro atoms. The van der Waals surface area contributed by atoms with Gasteiger partial charge in [0.05, 0.1) is 11.5 Å². The molecule has 0 saturated carbocycles. The number of aryl methyl sites for hydroxylation is 2. The highest BCUT2D eigenvalue weighted by molar-refractivity contribution is 7.51. The quantitative estimate of drug-likeness (QED) is 0.442. The van der Waals surface area contributed by atoms with Crippen molar-refractivity contribution in [3.8, 4) is 11.1 Å². The van der Waals surface area contributed by atoms with Gasteiger partial charge in [-0.1, -0.05) is 39.3 Å². The second-order valence-corrected chi connectivity index (χ2v) is 10.6. The smallest absolute Gasteiger partial charge is 0.324 e. The lowest BCUT2D eigenvalue weighted by atomic mass is 9.83. The van der Waals surface area contributed by atoms with E-state index in [0.29, 0.717) is 13.0 Å². The summed E-state index contributed by atoms with van der Waals surface area (Å²) < 4.78 is 15.8. The van der Waals surface area contributed by atoms with Crippen molar-refractivity contribution in [2.24, 2.45) is 0 Å². The Morgan fingerprint density at radius 1 is 1.00 bits per heavy atom. The minimum atomic E-state index is -3.98. The van der Waals surface area contributed by atoms with Gasteiger partial charge in [-0.15, -0.1) is 0 Å². The minimum Gasteiger partial charge on any atom is -0.324 e. The second-order valence-electron chi connectivity index (χ2n) is 8.86. The molecule has 0 unspecified atom stereocenters. The number of pyridine rings is 2. The van der Waals surface area contributed by atoms with Crippen LogP contribution in [0.5, 0.6) is 0 Å². The molecule has 0 aliphatic heterocycles. The molecule has 1 aromatic carbocycles. The maximum Gasteiger partial charge on any atom is 0.325 e. The summed E-state index contributed by atoms with van der Waals surface area (Å²) in [6.45, 7) is 8.37. The average molecular weight is 426 g/mol. The number of rotatable bonds is 7. The Morgan fingerprint density at radius 2 is 1.77 bits per heavy atom. The molecule has 0 radical (unpaired) electrons. The molecule has 6 heteroatoms. The Balaban J connectivity index is 1.83. The first-order valence-corrected chi connectivity index (χ1v) is 12.6. The first-order chi connectivity index (χ1) is 14.2. The number of benzene rings is 1. The third-order valence-corrected chi connectivity index (χ3v) is 7.19. The van der Waals surface area contributed by atoms with Crippen LogP contribution in [-0.4, -0.2) is 15.9 Å². The molecule has 2 N–H and O–H groups in total. The zero-order chi connectivity index (χ0) is 21.5. The van der Waals surface area contributed by atoms with Gasteiger partial charge >= 0.3 is 7.60 Å². The van der Waals surface area contributed by atoms with Gasteiger partial charge in [-0.2, -0.15) is 4.57 Å². The summed E-state index contributed by atoms with van der Waals surface area (Å²) in [7, 11) is -3.98. The monoisotopic (exact) mass is 426 g/mol. The van der Waals surface area contributed by atoms with Crippen LogP contribution in [0.4, 0.5) is 0 Å². The van der Waals surface area contributed by atoms with E-state index in [1.54, 1.807) is 0 Å². The van der Waals surface area contributed by atoms with Crippen molar-refractivity contribution in [3.05, 3.63) is 60.0 Å². The molecule has 0 atom stereocenters. The molecule has 0 saturated heterocycles. The highest BCUT2D eigenvalue weighted by atomic mass is 31.2. The van der Waals surface area contributed by atoms with Crippen LogP contribution in [0.2, 0.25) is 0 Å². The van der Waals surface area contributed by atoms with Gasteiger partial charge in [0.15, 0.2) is 18.6 Å². The van der Waals surface area contributed by atoms with Gasteiger partial charge in [0, 0.05) is 47.1 Å². The maximum absolute atomic E-state index is 11.3. The number of aromatic nitrogens is 2. The summed E-state index contributed by atoms with van der Waals surface area (Å²) in [6, 6.07) is 10.6. The molecule has 2 aromatic heterocycles. The van der Waals surface area contributed by atoms with Gasteiger partial charge in [-0.25, -0.2) is 4.57 Å². The number of fused-ring (bicyclic) bond motifs is 5. The van der Waals surface area contributed by atoms with Crippen LogP contribution in [0.1, 0.15) is 51.2 Å². The van der Waals surface area contributed by atoms with Crippen molar-refractivity contribution in [2.75, 3.05) is 6.16 Å². The van der Waals surface area contributed by atoms with Crippen LogP contribution in [-0.2, 0) is 23.1 Å². The van der Waals surface area contributed by atoms with Crippen molar-refractivity contribution in [1.82, 2.24) is 0 Å². The molecule has 30 heavy (non-hydrogen) atoms. The van der Waals surface area contributed by atoms with E-state index in [-0.39, 0.29) is 11.6 Å². The van der Waals surface area contributed by atoms with Crippen molar-refractivity contribution in [2.45, 2.75) is 58.5 Å². The lowest BCUT2D eigenvalue weighted by Gasteiger charge is -2.19. The molecule has 4 rings (SSSR count). The number of hydrogen-bond donors (Lipinski definition) is 2. The molecular weight excluding hydrogens is 395 g/mol. The Morgan fingerprint density at radius 3 is 2.50 bits per heavy atom. The van der Waals surface area contributed by atoms with Gasteiger partial charge in [0.2, 0.25) is 5.52 Å². The summed E-state index contributed by atoms with van der Waals surface area (Å²) in [5.41, 5.74) is 6.18. The van der Waals surface area contributed by atoms with Gasteiger partial charge in [-0.3, -0.25) is 4.57 Å². The predicted octanol–water partition coefficient (Wildman–Crippen LogP) is 4.09. The molecule has 2 heterocycles. The summed E-state index contributed by atoms with van der Waals surface area (Å²) in [6.07, 6.45) is 9.39. The van der Waals surface area contributed by atoms with Crippen LogP contribution in [0.25, 0.3) is 22.0 Å². The van der Waals surface area contributed by atoms with E-state index in [2.05, 4.69) is 72.8 Å². The van der Waals surface area contributed by atoms with Crippen molar-refractivity contribution < 1.29 is 23.5 Å². The van der Waals surface area contributed by atoms with E-state index >= 15 is 0 Å². The zero-order valence-corrected chi connectivity index (χ0v) is 18.9. The largest absolute Gasteiger partial charge is 0.325 e. The highest BCUT2D eigenvalue weighted by Gasteiger charge is 2.41. The lowest BCUT2D eigenvalue weighted by molar-refractivity contribution is -0.697. The van der Waals surface area contributed by atoms with Gasteiger partial charge in [-0.05, 0) is 11.6 Å². The minimum absolute atomic E-state index is 0.0908. The fraction of sp³-hybridized carbons (Fsp3) is 0.417. The van der Waals surface area contributed by atoms with Crippen LogP contribution in [0.15, 0.2) is 48.9 Å². The molecule has 0 amide bonds. The first kappa shape index (κ1) is 21.2. The Bertz CT molecular complexity index is 1150.